The summed E-state index contributed by atoms with van der Waals surface area (Å²) in [4.78, 5) is 14.5. The number of rotatable bonds is 2. The first-order valence-electron chi connectivity index (χ1n) is 8.27. The van der Waals surface area contributed by atoms with E-state index in [1.54, 1.807) is 0 Å². The Hall–Kier alpha value is -1.71. The molecule has 0 aliphatic carbocycles. The fourth-order valence-electron chi connectivity index (χ4n) is 3.20. The molecule has 4 heteroatoms. The topological polar surface area (TPSA) is 41.6 Å². The van der Waals surface area contributed by atoms with Crippen molar-refractivity contribution in [3.63, 3.8) is 0 Å². The van der Waals surface area contributed by atoms with Gasteiger partial charge < -0.3 is 15.0 Å². The molecule has 2 aliphatic rings. The zero-order valence-corrected chi connectivity index (χ0v) is 13.8. The molecule has 120 valence electrons. The van der Waals surface area contributed by atoms with Gasteiger partial charge in [0.05, 0.1) is 12.0 Å². The minimum Gasteiger partial charge on any atom is -0.460 e. The van der Waals surface area contributed by atoms with Crippen LogP contribution in [-0.2, 0) is 16.0 Å². The van der Waals surface area contributed by atoms with Crippen molar-refractivity contribution in [3.8, 4) is 0 Å². The quantitative estimate of drug-likeness (QED) is 0.852. The monoisotopic (exact) mass is 302 g/mol. The molecule has 22 heavy (non-hydrogen) atoms. The Bertz CT molecular complexity index is 563. The summed E-state index contributed by atoms with van der Waals surface area (Å²) >= 11 is 0. The van der Waals surface area contributed by atoms with Gasteiger partial charge in [-0.2, -0.15) is 0 Å². The van der Waals surface area contributed by atoms with Crippen molar-refractivity contribution in [2.75, 3.05) is 29.9 Å². The van der Waals surface area contributed by atoms with Crippen LogP contribution in [0.15, 0.2) is 18.2 Å². The standard InChI is InChI=1S/C18H26N2O2/c1-18(2,3)17(21)22-13-6-5-11-20(12-13)16-8-4-7-15-14(16)9-10-19-15/h4,7-8,13,19H,5-6,9-12H2,1-3H3. The van der Waals surface area contributed by atoms with Gasteiger partial charge in [-0.15, -0.1) is 0 Å². The van der Waals surface area contributed by atoms with Crippen molar-refractivity contribution >= 4 is 17.3 Å². The maximum Gasteiger partial charge on any atom is 0.311 e. The smallest absolute Gasteiger partial charge is 0.311 e. The number of carbonyl (C=O) groups is 1. The van der Waals surface area contributed by atoms with Crippen molar-refractivity contribution in [2.45, 2.75) is 46.1 Å². The molecule has 1 atom stereocenters. The van der Waals surface area contributed by atoms with Gasteiger partial charge in [0, 0.05) is 30.0 Å². The van der Waals surface area contributed by atoms with E-state index in [0.29, 0.717) is 0 Å². The highest BCUT2D eigenvalue weighted by atomic mass is 16.5. The zero-order chi connectivity index (χ0) is 15.7. The molecule has 3 rings (SSSR count). The number of nitrogens with one attached hydrogen (secondary N) is 1. The Kier molecular flexibility index (Phi) is 4.02. The molecule has 2 aliphatic heterocycles. The van der Waals surface area contributed by atoms with Crippen LogP contribution in [0, 0.1) is 5.41 Å². The predicted octanol–water partition coefficient (Wildman–Crippen LogP) is 3.21. The Labute approximate surface area is 132 Å². The predicted molar refractivity (Wildman–Crippen MR) is 89.4 cm³/mol. The van der Waals surface area contributed by atoms with Gasteiger partial charge in [0.1, 0.15) is 6.10 Å². The Balaban J connectivity index is 1.71. The van der Waals surface area contributed by atoms with Gasteiger partial charge in [0.15, 0.2) is 0 Å². The van der Waals surface area contributed by atoms with E-state index in [9.17, 15) is 4.79 Å². The number of hydrogen-bond donors (Lipinski definition) is 1. The number of ether oxygens (including phenoxy) is 1. The summed E-state index contributed by atoms with van der Waals surface area (Å²) in [5.74, 6) is -0.0979. The molecular formula is C18H26N2O2. The summed E-state index contributed by atoms with van der Waals surface area (Å²) < 4.78 is 5.73. The lowest BCUT2D eigenvalue weighted by atomic mass is 9.97. The Morgan fingerprint density at radius 3 is 2.95 bits per heavy atom. The lowest BCUT2D eigenvalue weighted by Crippen LogP contribution is -2.42. The third-order valence-corrected chi connectivity index (χ3v) is 4.45. The highest BCUT2D eigenvalue weighted by Crippen LogP contribution is 2.33. The molecule has 4 nitrogen and oxygen atoms in total. The van der Waals surface area contributed by atoms with Gasteiger partial charge in [-0.3, -0.25) is 4.79 Å². The second kappa shape index (κ2) is 5.82. The van der Waals surface area contributed by atoms with Gasteiger partial charge in [0.2, 0.25) is 0 Å². The third kappa shape index (κ3) is 3.06. The van der Waals surface area contributed by atoms with E-state index < -0.39 is 5.41 Å². The minimum absolute atomic E-state index is 0.00527. The number of carbonyl (C=O) groups excluding carboxylic acids is 1. The molecule has 0 aromatic heterocycles. The summed E-state index contributed by atoms with van der Waals surface area (Å²) in [7, 11) is 0. The molecule has 0 radical (unpaired) electrons. The lowest BCUT2D eigenvalue weighted by molar-refractivity contribution is -0.158. The molecule has 1 aromatic rings. The van der Waals surface area contributed by atoms with Crippen LogP contribution >= 0.6 is 0 Å². The summed E-state index contributed by atoms with van der Waals surface area (Å²) in [6.07, 6.45) is 3.12. The largest absolute Gasteiger partial charge is 0.460 e. The fourth-order valence-corrected chi connectivity index (χ4v) is 3.20. The average Bonchev–Trinajstić information content (AvgIpc) is 2.94. The van der Waals surface area contributed by atoms with Crippen molar-refractivity contribution in [2.24, 2.45) is 5.41 Å². The highest BCUT2D eigenvalue weighted by molar-refractivity contribution is 5.75. The average molecular weight is 302 g/mol. The molecule has 1 unspecified atom stereocenters. The van der Waals surface area contributed by atoms with E-state index in [1.165, 1.54) is 16.9 Å². The van der Waals surface area contributed by atoms with Crippen molar-refractivity contribution < 1.29 is 9.53 Å². The van der Waals surface area contributed by atoms with Crippen molar-refractivity contribution in [1.29, 1.82) is 0 Å². The van der Waals surface area contributed by atoms with Crippen LogP contribution in [0.1, 0.15) is 39.2 Å². The highest BCUT2D eigenvalue weighted by Gasteiger charge is 2.30. The van der Waals surface area contributed by atoms with Crippen LogP contribution in [0.3, 0.4) is 0 Å². The molecule has 1 saturated heterocycles. The van der Waals surface area contributed by atoms with Crippen LogP contribution in [0.2, 0.25) is 0 Å². The van der Waals surface area contributed by atoms with Gasteiger partial charge in [-0.1, -0.05) is 6.07 Å². The number of fused-ring (bicyclic) bond motifs is 1. The molecule has 0 amide bonds. The Morgan fingerprint density at radius 2 is 2.18 bits per heavy atom. The van der Waals surface area contributed by atoms with Crippen LogP contribution in [-0.4, -0.2) is 31.7 Å². The van der Waals surface area contributed by atoms with Gasteiger partial charge in [-0.25, -0.2) is 0 Å². The first-order valence-corrected chi connectivity index (χ1v) is 8.27. The second-order valence-corrected chi connectivity index (χ2v) is 7.35. The van der Waals surface area contributed by atoms with E-state index in [0.717, 1.165) is 38.9 Å². The third-order valence-electron chi connectivity index (χ3n) is 4.45. The van der Waals surface area contributed by atoms with Gasteiger partial charge >= 0.3 is 5.97 Å². The maximum atomic E-state index is 12.1. The van der Waals surface area contributed by atoms with E-state index in [4.69, 9.17) is 4.74 Å². The number of anilines is 2. The molecule has 0 saturated carbocycles. The number of hydrogen-bond acceptors (Lipinski definition) is 4. The maximum absolute atomic E-state index is 12.1. The lowest BCUT2D eigenvalue weighted by Gasteiger charge is -2.36. The second-order valence-electron chi connectivity index (χ2n) is 7.35. The van der Waals surface area contributed by atoms with Crippen molar-refractivity contribution in [1.82, 2.24) is 0 Å². The molecule has 0 spiro atoms. The molecule has 1 N–H and O–H groups in total. The summed E-state index contributed by atoms with van der Waals surface area (Å²) in [6.45, 7) is 8.59. The molecular weight excluding hydrogens is 276 g/mol. The van der Waals surface area contributed by atoms with E-state index >= 15 is 0 Å². The first-order chi connectivity index (χ1) is 10.4. The normalized spacial score (nSPS) is 21.2. The van der Waals surface area contributed by atoms with E-state index in [2.05, 4.69) is 28.4 Å². The SMILES string of the molecule is CC(C)(C)C(=O)OC1CCCN(c2cccc3c2CCN3)C1. The molecule has 2 heterocycles. The number of nitrogens with zero attached hydrogens (tertiary/aromatic N) is 1. The van der Waals surface area contributed by atoms with Crippen molar-refractivity contribution in [3.05, 3.63) is 23.8 Å². The number of esters is 1. The van der Waals surface area contributed by atoms with E-state index in [1.807, 2.05) is 20.8 Å². The number of benzene rings is 1. The van der Waals surface area contributed by atoms with Crippen LogP contribution in [0.25, 0.3) is 0 Å². The Morgan fingerprint density at radius 1 is 1.36 bits per heavy atom. The summed E-state index contributed by atoms with van der Waals surface area (Å²) in [6, 6.07) is 6.45. The minimum atomic E-state index is -0.430. The van der Waals surface area contributed by atoms with Crippen LogP contribution in [0.4, 0.5) is 11.4 Å². The summed E-state index contributed by atoms with van der Waals surface area (Å²) in [5, 5.41) is 3.43. The van der Waals surface area contributed by atoms with Crippen LogP contribution < -0.4 is 10.2 Å². The molecule has 0 bridgehead atoms. The number of piperidine rings is 1. The van der Waals surface area contributed by atoms with Gasteiger partial charge in [-0.05, 0) is 52.2 Å². The van der Waals surface area contributed by atoms with E-state index in [-0.39, 0.29) is 12.1 Å². The molecule has 1 aromatic carbocycles. The first kappa shape index (κ1) is 15.2. The van der Waals surface area contributed by atoms with Crippen LogP contribution in [0.5, 0.6) is 0 Å². The zero-order valence-electron chi connectivity index (χ0n) is 13.8. The van der Waals surface area contributed by atoms with Gasteiger partial charge in [0.25, 0.3) is 0 Å². The molecule has 1 fully saturated rings. The fraction of sp³-hybridized carbons (Fsp3) is 0.611. The summed E-state index contributed by atoms with van der Waals surface area (Å²) in [5.41, 5.74) is 3.54.